The molecule has 2 aliphatic rings. The number of nitrogens with two attached hydrogens (primary N) is 1. The maximum absolute atomic E-state index is 12.9. The third-order valence-electron chi connectivity index (χ3n) is 4.88. The summed E-state index contributed by atoms with van der Waals surface area (Å²) < 4.78 is 1.70. The van der Waals surface area contributed by atoms with Gasteiger partial charge in [-0.2, -0.15) is 5.10 Å². The Kier molecular flexibility index (Phi) is 3.32. The standard InChI is InChI=1S/C19H20N4O2/c1-19(2)8-13-15(14(24)9-19)16(11-6-4-3-5-7-11)23-18(22-13)12(10-21-23)17(20)25/h3-7,10,16,22H,8-9H2,1-2H3,(H2,20,25)/t16-/m1/s1. The van der Waals surface area contributed by atoms with E-state index < -0.39 is 5.91 Å². The van der Waals surface area contributed by atoms with Crippen molar-refractivity contribution in [1.82, 2.24) is 9.78 Å². The number of allylic oxidation sites excluding steroid dienone is 2. The topological polar surface area (TPSA) is 90.0 Å². The minimum absolute atomic E-state index is 0.120. The van der Waals surface area contributed by atoms with Crippen LogP contribution in [0.4, 0.5) is 5.82 Å². The first-order chi connectivity index (χ1) is 11.9. The van der Waals surface area contributed by atoms with E-state index in [0.717, 1.165) is 23.3 Å². The van der Waals surface area contributed by atoms with Crippen LogP contribution in [0, 0.1) is 5.41 Å². The summed E-state index contributed by atoms with van der Waals surface area (Å²) in [5.74, 6) is 0.144. The summed E-state index contributed by atoms with van der Waals surface area (Å²) in [6.07, 6.45) is 2.70. The number of benzene rings is 1. The van der Waals surface area contributed by atoms with Gasteiger partial charge >= 0.3 is 0 Å². The molecule has 0 bridgehead atoms. The van der Waals surface area contributed by atoms with E-state index in [9.17, 15) is 9.59 Å². The molecule has 0 fully saturated rings. The Bertz CT molecular complexity index is 909. The smallest absolute Gasteiger partial charge is 0.254 e. The zero-order chi connectivity index (χ0) is 17.8. The van der Waals surface area contributed by atoms with Crippen molar-refractivity contribution in [3.8, 4) is 0 Å². The normalized spacial score (nSPS) is 21.4. The molecule has 2 heterocycles. The molecule has 1 aromatic heterocycles. The Hall–Kier alpha value is -2.89. The van der Waals surface area contributed by atoms with Gasteiger partial charge in [-0.15, -0.1) is 0 Å². The number of aromatic nitrogens is 2. The fourth-order valence-electron chi connectivity index (χ4n) is 3.83. The molecule has 6 nitrogen and oxygen atoms in total. The number of rotatable bonds is 2. The van der Waals surface area contributed by atoms with E-state index in [1.54, 1.807) is 4.68 Å². The van der Waals surface area contributed by atoms with Gasteiger partial charge in [0.15, 0.2) is 5.78 Å². The van der Waals surface area contributed by atoms with Gasteiger partial charge in [0.25, 0.3) is 5.91 Å². The van der Waals surface area contributed by atoms with Gasteiger partial charge in [-0.05, 0) is 17.4 Å². The minimum Gasteiger partial charge on any atom is -0.365 e. The van der Waals surface area contributed by atoms with Gasteiger partial charge in [0.1, 0.15) is 17.4 Å². The molecule has 128 valence electrons. The molecule has 0 saturated carbocycles. The van der Waals surface area contributed by atoms with Crippen LogP contribution >= 0.6 is 0 Å². The predicted molar refractivity (Wildman–Crippen MR) is 94.0 cm³/mol. The quantitative estimate of drug-likeness (QED) is 0.882. The van der Waals surface area contributed by atoms with Crippen molar-refractivity contribution in [3.63, 3.8) is 0 Å². The molecule has 0 spiro atoms. The summed E-state index contributed by atoms with van der Waals surface area (Å²) in [4.78, 5) is 24.7. The molecular formula is C19H20N4O2. The van der Waals surface area contributed by atoms with Crippen LogP contribution in [0.3, 0.4) is 0 Å². The summed E-state index contributed by atoms with van der Waals surface area (Å²) in [5, 5.41) is 7.64. The Morgan fingerprint density at radius 2 is 2.00 bits per heavy atom. The lowest BCUT2D eigenvalue weighted by atomic mass is 9.73. The third kappa shape index (κ3) is 2.45. The monoisotopic (exact) mass is 336 g/mol. The minimum atomic E-state index is -0.536. The number of hydrogen-bond donors (Lipinski definition) is 2. The zero-order valence-corrected chi connectivity index (χ0v) is 14.2. The number of Topliss-reactive ketones (excluding diaryl/α,β-unsaturated/α-hetero) is 1. The van der Waals surface area contributed by atoms with E-state index in [-0.39, 0.29) is 17.2 Å². The van der Waals surface area contributed by atoms with Crippen molar-refractivity contribution in [2.75, 3.05) is 5.32 Å². The highest BCUT2D eigenvalue weighted by Crippen LogP contribution is 2.46. The highest BCUT2D eigenvalue weighted by atomic mass is 16.1. The maximum atomic E-state index is 12.9. The summed E-state index contributed by atoms with van der Waals surface area (Å²) in [7, 11) is 0. The number of carbonyl (C=O) groups is 2. The molecule has 1 aromatic carbocycles. The first-order valence-electron chi connectivity index (χ1n) is 8.33. The van der Waals surface area contributed by atoms with E-state index in [0.29, 0.717) is 17.8 Å². The number of ketones is 1. The number of anilines is 1. The Balaban J connectivity index is 1.94. The van der Waals surface area contributed by atoms with E-state index in [4.69, 9.17) is 5.73 Å². The molecule has 0 unspecified atom stereocenters. The predicted octanol–water partition coefficient (Wildman–Crippen LogP) is 2.64. The fraction of sp³-hybridized carbons (Fsp3) is 0.316. The largest absolute Gasteiger partial charge is 0.365 e. The molecular weight excluding hydrogens is 316 g/mol. The van der Waals surface area contributed by atoms with E-state index >= 15 is 0 Å². The number of hydrogen-bond acceptors (Lipinski definition) is 4. The second-order valence-corrected chi connectivity index (χ2v) is 7.49. The number of carbonyl (C=O) groups excluding carboxylic acids is 2. The molecule has 3 N–H and O–H groups in total. The third-order valence-corrected chi connectivity index (χ3v) is 4.88. The summed E-state index contributed by atoms with van der Waals surface area (Å²) >= 11 is 0. The molecule has 1 atom stereocenters. The van der Waals surface area contributed by atoms with Crippen molar-refractivity contribution in [1.29, 1.82) is 0 Å². The molecule has 0 radical (unpaired) electrons. The average molecular weight is 336 g/mol. The van der Waals surface area contributed by atoms with Crippen LogP contribution in [-0.4, -0.2) is 21.5 Å². The number of fused-ring (bicyclic) bond motifs is 1. The zero-order valence-electron chi connectivity index (χ0n) is 14.2. The van der Waals surface area contributed by atoms with Crippen molar-refractivity contribution in [3.05, 3.63) is 58.9 Å². The molecule has 2 aromatic rings. The van der Waals surface area contributed by atoms with Crippen LogP contribution in [0.5, 0.6) is 0 Å². The molecule has 1 aliphatic heterocycles. The van der Waals surface area contributed by atoms with Crippen molar-refractivity contribution < 1.29 is 9.59 Å². The van der Waals surface area contributed by atoms with Crippen molar-refractivity contribution in [2.24, 2.45) is 11.1 Å². The van der Waals surface area contributed by atoms with Crippen LogP contribution in [-0.2, 0) is 4.79 Å². The lowest BCUT2D eigenvalue weighted by Crippen LogP contribution is -2.37. The van der Waals surface area contributed by atoms with Crippen LogP contribution in [0.1, 0.15) is 48.7 Å². The highest BCUT2D eigenvalue weighted by Gasteiger charge is 2.41. The highest BCUT2D eigenvalue weighted by molar-refractivity contribution is 6.02. The molecule has 25 heavy (non-hydrogen) atoms. The van der Waals surface area contributed by atoms with Gasteiger partial charge in [-0.25, -0.2) is 4.68 Å². The van der Waals surface area contributed by atoms with Crippen LogP contribution in [0.15, 0.2) is 47.8 Å². The summed E-state index contributed by atoms with van der Waals surface area (Å²) in [5.41, 5.74) is 8.27. The number of primary amides is 1. The first-order valence-corrected chi connectivity index (χ1v) is 8.33. The second-order valence-electron chi connectivity index (χ2n) is 7.49. The van der Waals surface area contributed by atoms with Crippen LogP contribution < -0.4 is 11.1 Å². The molecule has 0 saturated heterocycles. The Labute approximate surface area is 145 Å². The number of nitrogens with one attached hydrogen (secondary N) is 1. The lowest BCUT2D eigenvalue weighted by molar-refractivity contribution is -0.118. The van der Waals surface area contributed by atoms with Gasteiger partial charge in [0, 0.05) is 17.7 Å². The van der Waals surface area contributed by atoms with Crippen molar-refractivity contribution in [2.45, 2.75) is 32.7 Å². The van der Waals surface area contributed by atoms with E-state index in [1.165, 1.54) is 6.20 Å². The van der Waals surface area contributed by atoms with Crippen LogP contribution in [0.2, 0.25) is 0 Å². The number of amides is 1. The average Bonchev–Trinajstić information content (AvgIpc) is 2.96. The molecule has 1 aliphatic carbocycles. The second kappa shape index (κ2) is 5.31. The summed E-state index contributed by atoms with van der Waals surface area (Å²) in [6.45, 7) is 4.16. The molecule has 4 rings (SSSR count). The first kappa shape index (κ1) is 15.6. The lowest BCUT2D eigenvalue weighted by Gasteiger charge is -2.39. The van der Waals surface area contributed by atoms with E-state index in [2.05, 4.69) is 24.3 Å². The van der Waals surface area contributed by atoms with Gasteiger partial charge in [0.05, 0.1) is 6.20 Å². The van der Waals surface area contributed by atoms with Gasteiger partial charge in [-0.3, -0.25) is 9.59 Å². The fourth-order valence-corrected chi connectivity index (χ4v) is 3.83. The molecule has 1 amide bonds. The van der Waals surface area contributed by atoms with Gasteiger partial charge < -0.3 is 11.1 Å². The Morgan fingerprint density at radius 3 is 2.68 bits per heavy atom. The number of nitrogens with zero attached hydrogens (tertiary/aromatic N) is 2. The SMILES string of the molecule is CC1(C)CC(=O)C2=C(C1)Nc1c(C(N)=O)cnn1[C@@H]2c1ccccc1. The Morgan fingerprint density at radius 1 is 1.28 bits per heavy atom. The van der Waals surface area contributed by atoms with Gasteiger partial charge in [0.2, 0.25) is 0 Å². The van der Waals surface area contributed by atoms with Gasteiger partial charge in [-0.1, -0.05) is 44.2 Å². The van der Waals surface area contributed by atoms with Crippen molar-refractivity contribution >= 4 is 17.5 Å². The molecule has 6 heteroatoms. The summed E-state index contributed by atoms with van der Waals surface area (Å²) in [6, 6.07) is 9.42. The van der Waals surface area contributed by atoms with E-state index in [1.807, 2.05) is 30.3 Å². The maximum Gasteiger partial charge on any atom is 0.254 e. The van der Waals surface area contributed by atoms with Crippen LogP contribution in [0.25, 0.3) is 0 Å².